The number of hydrogen-bond acceptors (Lipinski definition) is 5. The van der Waals surface area contributed by atoms with Crippen molar-refractivity contribution < 1.29 is 14.1 Å². The summed E-state index contributed by atoms with van der Waals surface area (Å²) < 4.78 is 10.5. The van der Waals surface area contributed by atoms with E-state index in [9.17, 15) is 4.79 Å². The molecule has 0 aliphatic carbocycles. The second-order valence-electron chi connectivity index (χ2n) is 5.68. The quantitative estimate of drug-likeness (QED) is 0.770. The van der Waals surface area contributed by atoms with Crippen molar-refractivity contribution in [2.24, 2.45) is 0 Å². The summed E-state index contributed by atoms with van der Waals surface area (Å²) in [5.74, 6) is 0.991. The molecule has 6 heteroatoms. The van der Waals surface area contributed by atoms with E-state index in [0.29, 0.717) is 17.0 Å². The molecule has 0 unspecified atom stereocenters. The van der Waals surface area contributed by atoms with Gasteiger partial charge < -0.3 is 14.6 Å². The maximum Gasteiger partial charge on any atom is 0.257 e. The van der Waals surface area contributed by atoms with Gasteiger partial charge in [-0.25, -0.2) is 0 Å². The lowest BCUT2D eigenvalue weighted by molar-refractivity contribution is 0.0939. The number of aryl methyl sites for hydroxylation is 1. The van der Waals surface area contributed by atoms with Crippen LogP contribution in [0, 0.1) is 6.92 Å². The SMILES string of the molecule is COc1ccc([C@H](C)NC(=O)c2c(C)noc2-c2ccncc2)cc1. The van der Waals surface area contributed by atoms with Crippen molar-refractivity contribution in [2.75, 3.05) is 7.11 Å². The molecule has 3 rings (SSSR count). The first-order valence-electron chi connectivity index (χ1n) is 7.91. The lowest BCUT2D eigenvalue weighted by Crippen LogP contribution is -2.27. The molecular formula is C19H19N3O3. The lowest BCUT2D eigenvalue weighted by atomic mass is 10.1. The summed E-state index contributed by atoms with van der Waals surface area (Å²) in [5.41, 5.74) is 2.73. The third-order valence-electron chi connectivity index (χ3n) is 4.00. The molecule has 25 heavy (non-hydrogen) atoms. The highest BCUT2D eigenvalue weighted by atomic mass is 16.5. The van der Waals surface area contributed by atoms with Crippen LogP contribution in [0.15, 0.2) is 53.3 Å². The van der Waals surface area contributed by atoms with Gasteiger partial charge in [-0.1, -0.05) is 17.3 Å². The Labute approximate surface area is 145 Å². The molecule has 3 aromatic rings. The Morgan fingerprint density at radius 3 is 2.48 bits per heavy atom. The van der Waals surface area contributed by atoms with Crippen LogP contribution < -0.4 is 10.1 Å². The highest BCUT2D eigenvalue weighted by Gasteiger charge is 2.23. The number of carbonyl (C=O) groups is 1. The van der Waals surface area contributed by atoms with Gasteiger partial charge in [0.1, 0.15) is 11.3 Å². The van der Waals surface area contributed by atoms with Gasteiger partial charge in [-0.3, -0.25) is 9.78 Å². The standard InChI is InChI=1S/C19H19N3O3/c1-12(14-4-6-16(24-3)7-5-14)21-19(23)17-13(2)22-25-18(17)15-8-10-20-11-9-15/h4-12H,1-3H3,(H,21,23)/t12-/m0/s1. The second kappa shape index (κ2) is 7.17. The molecular weight excluding hydrogens is 318 g/mol. The number of nitrogens with zero attached hydrogens (tertiary/aromatic N) is 2. The number of hydrogen-bond donors (Lipinski definition) is 1. The van der Waals surface area contributed by atoms with Gasteiger partial charge in [0.2, 0.25) is 0 Å². The molecule has 0 saturated carbocycles. The molecule has 0 aliphatic rings. The molecule has 0 fully saturated rings. The van der Waals surface area contributed by atoms with Gasteiger partial charge >= 0.3 is 0 Å². The topological polar surface area (TPSA) is 77.2 Å². The van der Waals surface area contributed by atoms with E-state index in [1.165, 1.54) is 0 Å². The van der Waals surface area contributed by atoms with E-state index in [4.69, 9.17) is 9.26 Å². The van der Waals surface area contributed by atoms with Crippen molar-refractivity contribution in [1.82, 2.24) is 15.5 Å². The number of amides is 1. The minimum atomic E-state index is -0.228. The summed E-state index contributed by atoms with van der Waals surface area (Å²) in [4.78, 5) is 16.8. The van der Waals surface area contributed by atoms with Gasteiger partial charge in [0.05, 0.1) is 18.8 Å². The largest absolute Gasteiger partial charge is 0.497 e. The molecule has 1 aromatic carbocycles. The van der Waals surface area contributed by atoms with Crippen molar-refractivity contribution >= 4 is 5.91 Å². The Bertz CT molecular complexity index is 857. The maximum absolute atomic E-state index is 12.8. The number of pyridine rings is 1. The fourth-order valence-corrected chi connectivity index (χ4v) is 2.58. The third kappa shape index (κ3) is 3.52. The summed E-state index contributed by atoms with van der Waals surface area (Å²) in [6, 6.07) is 11.0. The van der Waals surface area contributed by atoms with Crippen LogP contribution in [0.4, 0.5) is 0 Å². The summed E-state index contributed by atoms with van der Waals surface area (Å²) in [6.45, 7) is 3.68. The lowest BCUT2D eigenvalue weighted by Gasteiger charge is -2.15. The molecule has 1 N–H and O–H groups in total. The average Bonchev–Trinajstić information content (AvgIpc) is 3.04. The van der Waals surface area contributed by atoms with Crippen LogP contribution in [-0.4, -0.2) is 23.2 Å². The van der Waals surface area contributed by atoms with Crippen molar-refractivity contribution in [3.63, 3.8) is 0 Å². The Morgan fingerprint density at radius 1 is 1.16 bits per heavy atom. The minimum absolute atomic E-state index is 0.169. The van der Waals surface area contributed by atoms with Crippen LogP contribution in [0.25, 0.3) is 11.3 Å². The molecule has 0 spiro atoms. The number of ether oxygens (including phenoxy) is 1. The third-order valence-corrected chi connectivity index (χ3v) is 4.00. The fourth-order valence-electron chi connectivity index (χ4n) is 2.58. The van der Waals surface area contributed by atoms with Gasteiger partial charge in [0.25, 0.3) is 5.91 Å². The summed E-state index contributed by atoms with van der Waals surface area (Å²) >= 11 is 0. The Hall–Kier alpha value is -3.15. The summed E-state index contributed by atoms with van der Waals surface area (Å²) in [6.07, 6.45) is 3.30. The first kappa shape index (κ1) is 16.7. The van der Waals surface area contributed by atoms with E-state index in [-0.39, 0.29) is 11.9 Å². The van der Waals surface area contributed by atoms with Crippen molar-refractivity contribution in [1.29, 1.82) is 0 Å². The smallest absolute Gasteiger partial charge is 0.257 e. The monoisotopic (exact) mass is 337 g/mol. The molecule has 2 heterocycles. The van der Waals surface area contributed by atoms with Crippen LogP contribution >= 0.6 is 0 Å². The molecule has 0 bridgehead atoms. The van der Waals surface area contributed by atoms with Gasteiger partial charge in [-0.05, 0) is 43.7 Å². The zero-order valence-corrected chi connectivity index (χ0v) is 14.3. The maximum atomic E-state index is 12.8. The second-order valence-corrected chi connectivity index (χ2v) is 5.68. The number of carbonyl (C=O) groups excluding carboxylic acids is 1. The van der Waals surface area contributed by atoms with Crippen LogP contribution in [0.1, 0.15) is 34.6 Å². The van der Waals surface area contributed by atoms with E-state index in [2.05, 4.69) is 15.5 Å². The summed E-state index contributed by atoms with van der Waals surface area (Å²) in [7, 11) is 1.62. The van der Waals surface area contributed by atoms with Gasteiger partial charge in [-0.2, -0.15) is 0 Å². The summed E-state index contributed by atoms with van der Waals surface area (Å²) in [5, 5.41) is 6.94. The Balaban J connectivity index is 1.82. The number of rotatable bonds is 5. The van der Waals surface area contributed by atoms with Crippen LogP contribution in [0.5, 0.6) is 5.75 Å². The van der Waals surface area contributed by atoms with E-state index < -0.39 is 0 Å². The zero-order valence-electron chi connectivity index (χ0n) is 14.3. The molecule has 0 radical (unpaired) electrons. The van der Waals surface area contributed by atoms with Crippen molar-refractivity contribution in [3.05, 3.63) is 65.6 Å². The highest BCUT2D eigenvalue weighted by molar-refractivity contribution is 6.00. The van der Waals surface area contributed by atoms with Gasteiger partial charge in [0, 0.05) is 18.0 Å². The fraction of sp³-hybridized carbons (Fsp3) is 0.211. The van der Waals surface area contributed by atoms with Crippen LogP contribution in [0.2, 0.25) is 0 Å². The van der Waals surface area contributed by atoms with Gasteiger partial charge in [-0.15, -0.1) is 0 Å². The zero-order chi connectivity index (χ0) is 17.8. The molecule has 0 saturated heterocycles. The molecule has 2 aromatic heterocycles. The molecule has 1 amide bonds. The molecule has 0 aliphatic heterocycles. The van der Waals surface area contributed by atoms with Crippen molar-refractivity contribution in [2.45, 2.75) is 19.9 Å². The predicted molar refractivity (Wildman–Crippen MR) is 93.3 cm³/mol. The molecule has 6 nitrogen and oxygen atoms in total. The Morgan fingerprint density at radius 2 is 1.84 bits per heavy atom. The van der Waals surface area contributed by atoms with Gasteiger partial charge in [0.15, 0.2) is 5.76 Å². The van der Waals surface area contributed by atoms with E-state index in [1.807, 2.05) is 31.2 Å². The number of benzene rings is 1. The normalized spacial score (nSPS) is 11.8. The van der Waals surface area contributed by atoms with Crippen LogP contribution in [-0.2, 0) is 0 Å². The first-order chi connectivity index (χ1) is 12.1. The average molecular weight is 337 g/mol. The number of nitrogens with one attached hydrogen (secondary N) is 1. The number of methoxy groups -OCH3 is 1. The predicted octanol–water partition coefficient (Wildman–Crippen LogP) is 3.54. The molecule has 128 valence electrons. The Kier molecular flexibility index (Phi) is 4.79. The molecule has 1 atom stereocenters. The van der Waals surface area contributed by atoms with Crippen LogP contribution in [0.3, 0.4) is 0 Å². The number of aromatic nitrogens is 2. The van der Waals surface area contributed by atoms with E-state index >= 15 is 0 Å². The van der Waals surface area contributed by atoms with E-state index in [1.54, 1.807) is 38.6 Å². The van der Waals surface area contributed by atoms with Crippen molar-refractivity contribution in [3.8, 4) is 17.1 Å². The minimum Gasteiger partial charge on any atom is -0.497 e. The highest BCUT2D eigenvalue weighted by Crippen LogP contribution is 2.26. The first-order valence-corrected chi connectivity index (χ1v) is 7.91. The van der Waals surface area contributed by atoms with E-state index in [0.717, 1.165) is 16.9 Å².